The number of hydrogen-bond donors (Lipinski definition) is 0. The number of benzene rings is 4. The Kier molecular flexibility index (Phi) is 9.45. The summed E-state index contributed by atoms with van der Waals surface area (Å²) in [7, 11) is 9.91. The van der Waals surface area contributed by atoms with Gasteiger partial charge < -0.3 is 38.2 Å². The molecule has 0 atom stereocenters. The van der Waals surface area contributed by atoms with Gasteiger partial charge in [-0.1, -0.05) is 36.4 Å². The molecule has 0 saturated carbocycles. The normalized spacial score (nSPS) is 14.2. The predicted molar refractivity (Wildman–Crippen MR) is 167 cm³/mol. The molecule has 1 saturated heterocycles. The van der Waals surface area contributed by atoms with Crippen LogP contribution in [0.4, 0.5) is 0 Å². The second-order valence-electron chi connectivity index (χ2n) is 10.6. The zero-order chi connectivity index (χ0) is 29.6. The van der Waals surface area contributed by atoms with E-state index in [0.717, 1.165) is 73.7 Å². The lowest BCUT2D eigenvalue weighted by Crippen LogP contribution is -2.47. The zero-order valence-corrected chi connectivity index (χ0v) is 25.6. The van der Waals surface area contributed by atoms with Crippen molar-refractivity contribution in [2.45, 2.75) is 12.8 Å². The van der Waals surface area contributed by atoms with Gasteiger partial charge >= 0.3 is 0 Å². The molecule has 0 spiro atoms. The highest BCUT2D eigenvalue weighted by molar-refractivity contribution is 5.94. The monoisotopic (exact) mass is 574 g/mol. The maximum atomic E-state index is 5.66. The Hall–Kier alpha value is -3.88. The van der Waals surface area contributed by atoms with Crippen LogP contribution in [-0.2, 0) is 12.8 Å². The highest BCUT2D eigenvalue weighted by Crippen LogP contribution is 2.44. The number of methoxy groups -OCH3 is 6. The number of ether oxygens (including phenoxy) is 6. The number of rotatable bonds is 12. The first-order valence-electron chi connectivity index (χ1n) is 14.4. The molecule has 4 aromatic rings. The summed E-state index contributed by atoms with van der Waals surface area (Å²) >= 11 is 0. The fraction of sp³-hybridized carbons (Fsp3) is 0.412. The van der Waals surface area contributed by atoms with Crippen LogP contribution in [0.15, 0.2) is 48.5 Å². The Bertz CT molecular complexity index is 1420. The first kappa shape index (κ1) is 29.6. The van der Waals surface area contributed by atoms with Gasteiger partial charge in [-0.25, -0.2) is 0 Å². The molecule has 224 valence electrons. The molecule has 1 aliphatic rings. The minimum absolute atomic E-state index is 0.625. The molecule has 0 radical (unpaired) electrons. The first-order valence-corrected chi connectivity index (χ1v) is 14.4. The first-order chi connectivity index (χ1) is 20.5. The molecule has 5 rings (SSSR count). The highest BCUT2D eigenvalue weighted by atomic mass is 16.5. The number of piperazine rings is 1. The maximum Gasteiger partial charge on any atom is 0.203 e. The van der Waals surface area contributed by atoms with E-state index in [0.29, 0.717) is 34.5 Å². The average molecular weight is 575 g/mol. The van der Waals surface area contributed by atoms with Gasteiger partial charge in [-0.15, -0.1) is 0 Å². The standard InChI is InChI=1S/C34H42N2O6/c1-37-29-21-25-19-23(7-9-27(25)31(39-3)33(29)41-5)11-13-35-15-17-36(18-16-35)14-12-24-8-10-28-26(20-24)22-30(38-2)34(42-6)32(28)40-4/h7-10,19-22H,11-18H2,1-6H3. The van der Waals surface area contributed by atoms with Crippen LogP contribution >= 0.6 is 0 Å². The van der Waals surface area contributed by atoms with Gasteiger partial charge in [-0.05, 0) is 46.9 Å². The van der Waals surface area contributed by atoms with E-state index in [2.05, 4.69) is 46.2 Å². The minimum atomic E-state index is 0.625. The van der Waals surface area contributed by atoms with E-state index in [4.69, 9.17) is 28.4 Å². The van der Waals surface area contributed by atoms with E-state index in [1.807, 2.05) is 12.1 Å². The third-order valence-corrected chi connectivity index (χ3v) is 8.31. The Labute approximate surface area is 248 Å². The maximum absolute atomic E-state index is 5.66. The lowest BCUT2D eigenvalue weighted by molar-refractivity contribution is 0.134. The van der Waals surface area contributed by atoms with Crippen LogP contribution in [0, 0.1) is 0 Å². The lowest BCUT2D eigenvalue weighted by Gasteiger charge is -2.34. The van der Waals surface area contributed by atoms with E-state index < -0.39 is 0 Å². The van der Waals surface area contributed by atoms with Crippen molar-refractivity contribution in [3.8, 4) is 34.5 Å². The molecule has 8 heteroatoms. The number of fused-ring (bicyclic) bond motifs is 2. The van der Waals surface area contributed by atoms with Crippen molar-refractivity contribution < 1.29 is 28.4 Å². The van der Waals surface area contributed by atoms with Crippen LogP contribution in [-0.4, -0.2) is 91.7 Å². The molecule has 0 N–H and O–H groups in total. The van der Waals surface area contributed by atoms with E-state index in [-0.39, 0.29) is 0 Å². The van der Waals surface area contributed by atoms with Gasteiger partial charge in [0.25, 0.3) is 0 Å². The molecule has 0 bridgehead atoms. The summed E-state index contributed by atoms with van der Waals surface area (Å²) in [6.07, 6.45) is 2.00. The molecule has 0 unspecified atom stereocenters. The van der Waals surface area contributed by atoms with Crippen molar-refractivity contribution in [3.63, 3.8) is 0 Å². The summed E-state index contributed by atoms with van der Waals surface area (Å²) in [5.74, 6) is 4.02. The number of hydrogen-bond acceptors (Lipinski definition) is 8. The third kappa shape index (κ3) is 6.01. The molecule has 0 aliphatic carbocycles. The molecule has 1 heterocycles. The van der Waals surface area contributed by atoms with Crippen molar-refractivity contribution in [1.82, 2.24) is 9.80 Å². The molecule has 42 heavy (non-hydrogen) atoms. The van der Waals surface area contributed by atoms with Gasteiger partial charge in [-0.2, -0.15) is 0 Å². The lowest BCUT2D eigenvalue weighted by atomic mass is 10.0. The molecule has 1 fully saturated rings. The molecule has 4 aromatic carbocycles. The summed E-state index contributed by atoms with van der Waals surface area (Å²) < 4.78 is 33.5. The van der Waals surface area contributed by atoms with Crippen molar-refractivity contribution in [3.05, 3.63) is 59.7 Å². The molecule has 0 amide bonds. The Morgan fingerprint density at radius 3 is 1.19 bits per heavy atom. The van der Waals surface area contributed by atoms with E-state index in [1.165, 1.54) is 11.1 Å². The molecule has 8 nitrogen and oxygen atoms in total. The van der Waals surface area contributed by atoms with Gasteiger partial charge in [0.1, 0.15) is 0 Å². The van der Waals surface area contributed by atoms with E-state index in [9.17, 15) is 0 Å². The van der Waals surface area contributed by atoms with Crippen LogP contribution in [0.5, 0.6) is 34.5 Å². The zero-order valence-electron chi connectivity index (χ0n) is 25.6. The molecular formula is C34H42N2O6. The van der Waals surface area contributed by atoms with Crippen LogP contribution < -0.4 is 28.4 Å². The Balaban J connectivity index is 1.16. The third-order valence-electron chi connectivity index (χ3n) is 8.31. The van der Waals surface area contributed by atoms with Gasteiger partial charge in [0.15, 0.2) is 23.0 Å². The van der Waals surface area contributed by atoms with Crippen LogP contribution in [0.2, 0.25) is 0 Å². The van der Waals surface area contributed by atoms with Crippen molar-refractivity contribution in [1.29, 1.82) is 0 Å². The van der Waals surface area contributed by atoms with E-state index in [1.54, 1.807) is 42.7 Å². The highest BCUT2D eigenvalue weighted by Gasteiger charge is 2.19. The Morgan fingerprint density at radius 1 is 0.476 bits per heavy atom. The largest absolute Gasteiger partial charge is 0.493 e. The van der Waals surface area contributed by atoms with Crippen molar-refractivity contribution >= 4 is 21.5 Å². The van der Waals surface area contributed by atoms with Gasteiger partial charge in [0.05, 0.1) is 42.7 Å². The SMILES string of the molecule is COc1cc2cc(CCN3CCN(CCc4ccc5c(OC)c(OC)c(OC)cc5c4)CC3)ccc2c(OC)c1OC. The van der Waals surface area contributed by atoms with Crippen LogP contribution in [0.3, 0.4) is 0 Å². The molecule has 1 aliphatic heterocycles. The molecular weight excluding hydrogens is 532 g/mol. The summed E-state index contributed by atoms with van der Waals surface area (Å²) in [6, 6.07) is 17.2. The average Bonchev–Trinajstić information content (AvgIpc) is 3.04. The second kappa shape index (κ2) is 13.4. The summed E-state index contributed by atoms with van der Waals surface area (Å²) in [6.45, 7) is 6.41. The fourth-order valence-electron chi connectivity index (χ4n) is 5.98. The van der Waals surface area contributed by atoms with Crippen LogP contribution in [0.1, 0.15) is 11.1 Å². The second-order valence-corrected chi connectivity index (χ2v) is 10.6. The fourth-order valence-corrected chi connectivity index (χ4v) is 5.98. The molecule has 0 aromatic heterocycles. The van der Waals surface area contributed by atoms with Crippen molar-refractivity contribution in [2.75, 3.05) is 81.9 Å². The topological polar surface area (TPSA) is 61.9 Å². The predicted octanol–water partition coefficient (Wildman–Crippen LogP) is 5.45. The van der Waals surface area contributed by atoms with E-state index >= 15 is 0 Å². The summed E-state index contributed by atoms with van der Waals surface area (Å²) in [5, 5.41) is 4.24. The smallest absolute Gasteiger partial charge is 0.203 e. The van der Waals surface area contributed by atoms with Gasteiger partial charge in [-0.3, -0.25) is 0 Å². The minimum Gasteiger partial charge on any atom is -0.493 e. The van der Waals surface area contributed by atoms with Crippen LogP contribution in [0.25, 0.3) is 21.5 Å². The quantitative estimate of drug-likeness (QED) is 0.222. The van der Waals surface area contributed by atoms with Crippen molar-refractivity contribution in [2.24, 2.45) is 0 Å². The Morgan fingerprint density at radius 2 is 0.857 bits per heavy atom. The van der Waals surface area contributed by atoms with Gasteiger partial charge in [0, 0.05) is 50.0 Å². The number of nitrogens with zero attached hydrogens (tertiary/aromatic N) is 2. The summed E-state index contributed by atoms with van der Waals surface area (Å²) in [4.78, 5) is 5.13. The summed E-state index contributed by atoms with van der Waals surface area (Å²) in [5.41, 5.74) is 2.61. The van der Waals surface area contributed by atoms with Gasteiger partial charge in [0.2, 0.25) is 11.5 Å².